The molecular formula is C17H13F2N3O2. The first-order valence-corrected chi connectivity index (χ1v) is 7.38. The lowest BCUT2D eigenvalue weighted by Crippen LogP contribution is -2.23. The summed E-state index contributed by atoms with van der Waals surface area (Å²) in [7, 11) is 1.27. The van der Waals surface area contributed by atoms with Crippen LogP contribution in [0.5, 0.6) is 5.75 Å². The summed E-state index contributed by atoms with van der Waals surface area (Å²) in [4.78, 5) is 16.7. The number of halogens is 2. The molecule has 2 aromatic carbocycles. The highest BCUT2D eigenvalue weighted by atomic mass is 19.1. The van der Waals surface area contributed by atoms with Crippen LogP contribution in [0.25, 0.3) is 11.0 Å². The molecule has 0 fully saturated rings. The molecule has 7 heteroatoms. The van der Waals surface area contributed by atoms with Gasteiger partial charge in [-0.2, -0.15) is 0 Å². The normalized spacial score (nSPS) is 16.3. The molecule has 0 saturated carbocycles. The number of benzene rings is 2. The van der Waals surface area contributed by atoms with Crippen molar-refractivity contribution >= 4 is 17.1 Å². The molecule has 0 spiro atoms. The number of fused-ring (bicyclic) bond motifs is 3. The number of hydrogen-bond acceptors (Lipinski definition) is 3. The van der Waals surface area contributed by atoms with Crippen molar-refractivity contribution in [3.8, 4) is 5.75 Å². The first kappa shape index (κ1) is 14.6. The Morgan fingerprint density at radius 3 is 2.83 bits per heavy atom. The first-order valence-electron chi connectivity index (χ1n) is 7.38. The molecule has 0 saturated heterocycles. The molecule has 3 aromatic rings. The molecule has 2 heterocycles. The van der Waals surface area contributed by atoms with Crippen molar-refractivity contribution in [2.45, 2.75) is 12.5 Å². The van der Waals surface area contributed by atoms with E-state index in [0.717, 1.165) is 12.1 Å². The SMILES string of the molecule is COc1cc(F)c(CC2NC(=O)n3c2nc2ccccc23)cc1F. The third-order valence-electron chi connectivity index (χ3n) is 4.14. The number of ether oxygens (including phenoxy) is 1. The summed E-state index contributed by atoms with van der Waals surface area (Å²) in [6.07, 6.45) is 0.0990. The van der Waals surface area contributed by atoms with Gasteiger partial charge in [-0.3, -0.25) is 0 Å². The number of imidazole rings is 1. The Bertz CT molecular complexity index is 968. The van der Waals surface area contributed by atoms with E-state index in [9.17, 15) is 13.6 Å². The minimum absolute atomic E-state index is 0.0990. The highest BCUT2D eigenvalue weighted by Gasteiger charge is 2.32. The maximum atomic E-state index is 14.2. The Labute approximate surface area is 135 Å². The minimum atomic E-state index is -0.647. The monoisotopic (exact) mass is 329 g/mol. The third-order valence-corrected chi connectivity index (χ3v) is 4.14. The van der Waals surface area contributed by atoms with Gasteiger partial charge in [-0.05, 0) is 23.8 Å². The topological polar surface area (TPSA) is 56.1 Å². The number of amides is 1. The summed E-state index contributed by atoms with van der Waals surface area (Å²) in [5.74, 6) is -0.889. The zero-order valence-corrected chi connectivity index (χ0v) is 12.7. The molecule has 0 aliphatic carbocycles. The summed E-state index contributed by atoms with van der Waals surface area (Å²) in [5, 5.41) is 2.76. The third kappa shape index (κ3) is 2.12. The number of nitrogens with zero attached hydrogens (tertiary/aromatic N) is 2. The van der Waals surface area contributed by atoms with E-state index in [1.54, 1.807) is 12.1 Å². The van der Waals surface area contributed by atoms with E-state index < -0.39 is 17.7 Å². The molecule has 24 heavy (non-hydrogen) atoms. The highest BCUT2D eigenvalue weighted by molar-refractivity contribution is 5.92. The predicted molar refractivity (Wildman–Crippen MR) is 83.0 cm³/mol. The van der Waals surface area contributed by atoms with Crippen LogP contribution in [0.2, 0.25) is 0 Å². The van der Waals surface area contributed by atoms with Crippen LogP contribution in [-0.4, -0.2) is 22.7 Å². The predicted octanol–water partition coefficient (Wildman–Crippen LogP) is 3.18. The van der Waals surface area contributed by atoms with Gasteiger partial charge in [0, 0.05) is 12.5 Å². The first-order chi connectivity index (χ1) is 11.6. The number of carbonyl (C=O) groups is 1. The Hall–Kier alpha value is -2.96. The summed E-state index contributed by atoms with van der Waals surface area (Å²) in [6.45, 7) is 0. The second kappa shape index (κ2) is 5.30. The Morgan fingerprint density at radius 1 is 1.25 bits per heavy atom. The van der Waals surface area contributed by atoms with Crippen LogP contribution < -0.4 is 10.1 Å². The number of rotatable bonds is 3. The fraction of sp³-hybridized carbons (Fsp3) is 0.176. The van der Waals surface area contributed by atoms with Crippen LogP contribution in [0.4, 0.5) is 13.6 Å². The van der Waals surface area contributed by atoms with Crippen molar-refractivity contribution in [1.29, 1.82) is 0 Å². The molecule has 1 aliphatic heterocycles. The molecule has 0 radical (unpaired) electrons. The number of carbonyl (C=O) groups excluding carboxylic acids is 1. The number of para-hydroxylation sites is 2. The zero-order chi connectivity index (χ0) is 16.8. The number of hydrogen-bond donors (Lipinski definition) is 1. The van der Waals surface area contributed by atoms with Crippen LogP contribution in [0.3, 0.4) is 0 Å². The van der Waals surface area contributed by atoms with E-state index in [1.165, 1.54) is 11.7 Å². The smallest absolute Gasteiger partial charge is 0.328 e. The van der Waals surface area contributed by atoms with Gasteiger partial charge in [0.05, 0.1) is 24.2 Å². The summed E-state index contributed by atoms with van der Waals surface area (Å²) < 4.78 is 34.2. The molecule has 1 amide bonds. The van der Waals surface area contributed by atoms with Crippen molar-refractivity contribution < 1.29 is 18.3 Å². The second-order valence-electron chi connectivity index (χ2n) is 5.58. The molecule has 0 bridgehead atoms. The lowest BCUT2D eigenvalue weighted by molar-refractivity contribution is 0.245. The van der Waals surface area contributed by atoms with E-state index >= 15 is 0 Å². The standard InChI is InChI=1S/C17H13F2N3O2/c1-24-15-8-10(18)9(6-11(15)19)7-13-16-20-12-4-2-3-5-14(12)22(16)17(23)21-13/h2-6,8,13H,7H2,1H3,(H,21,23). The molecule has 5 nitrogen and oxygen atoms in total. The lowest BCUT2D eigenvalue weighted by atomic mass is 10.0. The van der Waals surface area contributed by atoms with Gasteiger partial charge in [0.2, 0.25) is 0 Å². The van der Waals surface area contributed by atoms with Crippen molar-refractivity contribution in [2.24, 2.45) is 0 Å². The minimum Gasteiger partial charge on any atom is -0.494 e. The number of methoxy groups -OCH3 is 1. The van der Waals surface area contributed by atoms with Crippen LogP contribution in [-0.2, 0) is 6.42 Å². The van der Waals surface area contributed by atoms with E-state index in [1.807, 2.05) is 12.1 Å². The maximum Gasteiger partial charge on any atom is 0.328 e. The largest absolute Gasteiger partial charge is 0.494 e. The van der Waals surface area contributed by atoms with Crippen molar-refractivity contribution in [2.75, 3.05) is 7.11 Å². The Kier molecular flexibility index (Phi) is 3.23. The van der Waals surface area contributed by atoms with Gasteiger partial charge in [0.15, 0.2) is 11.6 Å². The van der Waals surface area contributed by atoms with E-state index in [0.29, 0.717) is 16.9 Å². The van der Waals surface area contributed by atoms with Crippen molar-refractivity contribution in [3.63, 3.8) is 0 Å². The average Bonchev–Trinajstić information content (AvgIpc) is 3.09. The average molecular weight is 329 g/mol. The number of nitrogens with one attached hydrogen (secondary N) is 1. The molecule has 1 unspecified atom stereocenters. The van der Waals surface area contributed by atoms with Gasteiger partial charge >= 0.3 is 6.03 Å². The molecule has 1 atom stereocenters. The van der Waals surface area contributed by atoms with Crippen LogP contribution in [0.1, 0.15) is 17.4 Å². The molecule has 1 aromatic heterocycles. The van der Waals surface area contributed by atoms with Crippen molar-refractivity contribution in [1.82, 2.24) is 14.9 Å². The van der Waals surface area contributed by atoms with Gasteiger partial charge < -0.3 is 10.1 Å². The highest BCUT2D eigenvalue weighted by Crippen LogP contribution is 2.30. The Balaban J connectivity index is 1.73. The van der Waals surface area contributed by atoms with Gasteiger partial charge in [0.25, 0.3) is 0 Å². The molecule has 122 valence electrons. The summed E-state index contributed by atoms with van der Waals surface area (Å²) in [6, 6.07) is 8.49. The van der Waals surface area contributed by atoms with Crippen molar-refractivity contribution in [3.05, 3.63) is 59.4 Å². The van der Waals surface area contributed by atoms with Gasteiger partial charge in [-0.1, -0.05) is 12.1 Å². The quantitative estimate of drug-likeness (QED) is 0.803. The van der Waals surface area contributed by atoms with Crippen LogP contribution >= 0.6 is 0 Å². The molecule has 4 rings (SSSR count). The van der Waals surface area contributed by atoms with E-state index in [-0.39, 0.29) is 23.8 Å². The summed E-state index contributed by atoms with van der Waals surface area (Å²) >= 11 is 0. The van der Waals surface area contributed by atoms with E-state index in [4.69, 9.17) is 4.74 Å². The fourth-order valence-corrected chi connectivity index (χ4v) is 3.01. The lowest BCUT2D eigenvalue weighted by Gasteiger charge is -2.11. The Morgan fingerprint density at radius 2 is 2.04 bits per heavy atom. The maximum absolute atomic E-state index is 14.2. The zero-order valence-electron chi connectivity index (χ0n) is 12.7. The molecule has 1 aliphatic rings. The molecule has 1 N–H and O–H groups in total. The van der Waals surface area contributed by atoms with Gasteiger partial charge in [-0.15, -0.1) is 0 Å². The molecular weight excluding hydrogens is 316 g/mol. The fourth-order valence-electron chi connectivity index (χ4n) is 3.01. The number of aromatic nitrogens is 2. The van der Waals surface area contributed by atoms with Crippen LogP contribution in [0, 0.1) is 11.6 Å². The van der Waals surface area contributed by atoms with Gasteiger partial charge in [0.1, 0.15) is 11.6 Å². The van der Waals surface area contributed by atoms with Crippen LogP contribution in [0.15, 0.2) is 36.4 Å². The van der Waals surface area contributed by atoms with Gasteiger partial charge in [-0.25, -0.2) is 23.1 Å². The van der Waals surface area contributed by atoms with E-state index in [2.05, 4.69) is 10.3 Å². The second-order valence-corrected chi connectivity index (χ2v) is 5.58. The summed E-state index contributed by atoms with van der Waals surface area (Å²) in [5.41, 5.74) is 1.53.